The van der Waals surface area contributed by atoms with E-state index >= 15 is 0 Å². The third kappa shape index (κ3) is 2.62. The Morgan fingerprint density at radius 3 is 2.64 bits per heavy atom. The molecule has 2 aliphatic rings. The van der Waals surface area contributed by atoms with Crippen LogP contribution in [-0.4, -0.2) is 25.2 Å². The number of nitroso groups, excluding NO2 is 1. The Kier molecular flexibility index (Phi) is 4.30. The van der Waals surface area contributed by atoms with E-state index in [9.17, 15) is 10.0 Å². The second-order valence-corrected chi connectivity index (χ2v) is 7.02. The number of ether oxygens (including phenoxy) is 2. The lowest BCUT2D eigenvalue weighted by Gasteiger charge is -2.19. The molecule has 0 spiro atoms. The van der Waals surface area contributed by atoms with Gasteiger partial charge in [-0.1, -0.05) is 19.1 Å². The monoisotopic (exact) mass is 379 g/mol. The maximum atomic E-state index is 11.0. The maximum absolute atomic E-state index is 11.0. The van der Waals surface area contributed by atoms with Crippen molar-refractivity contribution >= 4 is 17.2 Å². The van der Waals surface area contributed by atoms with E-state index in [0.717, 1.165) is 17.1 Å². The molecule has 4 rings (SSSR count). The van der Waals surface area contributed by atoms with Crippen molar-refractivity contribution < 1.29 is 14.6 Å². The lowest BCUT2D eigenvalue weighted by molar-refractivity contribution is 0.355. The van der Waals surface area contributed by atoms with Crippen LogP contribution in [0.1, 0.15) is 12.5 Å². The average molecular weight is 379 g/mol. The highest BCUT2D eigenvalue weighted by Crippen LogP contribution is 2.63. The van der Waals surface area contributed by atoms with Crippen molar-refractivity contribution in [3.05, 3.63) is 59.1 Å². The molecule has 7 heteroatoms. The lowest BCUT2D eigenvalue weighted by Crippen LogP contribution is -2.22. The van der Waals surface area contributed by atoms with Gasteiger partial charge >= 0.3 is 0 Å². The zero-order valence-electron chi connectivity index (χ0n) is 15.8. The standard InChI is InChI=1S/C21H21N3O4/c1-12-19-20(23-14-5-7-17(27-2)18(11-14)28-3)22-9-8-21(12,19)13-4-6-16(25)15(10-13)24-26/h4-12,19,25H,1-3H3,(H,22,23). The number of phenols is 1. The van der Waals surface area contributed by atoms with Crippen LogP contribution in [0.4, 0.5) is 11.4 Å². The average Bonchev–Trinajstić information content (AvgIpc) is 3.35. The zero-order valence-corrected chi connectivity index (χ0v) is 15.8. The Labute approximate surface area is 162 Å². The quantitative estimate of drug-likeness (QED) is 0.754. The van der Waals surface area contributed by atoms with E-state index in [-0.39, 0.29) is 28.7 Å². The first-order valence-corrected chi connectivity index (χ1v) is 8.96. The number of rotatable bonds is 5. The number of phenolic OH excluding ortho intramolecular Hbond substituents is 1. The third-order valence-corrected chi connectivity index (χ3v) is 5.75. The predicted octanol–water partition coefficient (Wildman–Crippen LogP) is 4.35. The first-order chi connectivity index (χ1) is 13.5. The SMILES string of the molecule is COc1ccc(NC2=NC=CC3(c4ccc(O)c(N=O)c4)C(C)C23)cc1OC. The summed E-state index contributed by atoms with van der Waals surface area (Å²) in [4.78, 5) is 15.5. The van der Waals surface area contributed by atoms with Gasteiger partial charge < -0.3 is 19.9 Å². The highest BCUT2D eigenvalue weighted by Gasteiger charge is 2.64. The van der Waals surface area contributed by atoms with Crippen molar-refractivity contribution in [1.29, 1.82) is 0 Å². The van der Waals surface area contributed by atoms with Gasteiger partial charge in [0.25, 0.3) is 0 Å². The van der Waals surface area contributed by atoms with Crippen LogP contribution in [0.2, 0.25) is 0 Å². The van der Waals surface area contributed by atoms with Crippen molar-refractivity contribution in [3.8, 4) is 17.2 Å². The van der Waals surface area contributed by atoms with Gasteiger partial charge in [-0.3, -0.25) is 0 Å². The Morgan fingerprint density at radius 1 is 1.14 bits per heavy atom. The molecule has 2 N–H and O–H groups in total. The second-order valence-electron chi connectivity index (χ2n) is 7.02. The molecule has 1 aliphatic heterocycles. The summed E-state index contributed by atoms with van der Waals surface area (Å²) in [6.07, 6.45) is 3.84. The summed E-state index contributed by atoms with van der Waals surface area (Å²) < 4.78 is 10.7. The van der Waals surface area contributed by atoms with Gasteiger partial charge in [0.05, 0.1) is 14.2 Å². The van der Waals surface area contributed by atoms with Gasteiger partial charge in [-0.25, -0.2) is 4.99 Å². The molecule has 0 amide bonds. The first-order valence-electron chi connectivity index (χ1n) is 8.96. The summed E-state index contributed by atoms with van der Waals surface area (Å²) in [5.74, 6) is 2.44. The molecule has 0 radical (unpaired) electrons. The van der Waals surface area contributed by atoms with E-state index < -0.39 is 0 Å². The van der Waals surface area contributed by atoms with E-state index in [4.69, 9.17) is 9.47 Å². The van der Waals surface area contributed by atoms with Gasteiger partial charge in [-0.05, 0) is 40.9 Å². The molecule has 1 saturated carbocycles. The summed E-state index contributed by atoms with van der Waals surface area (Å²) in [6, 6.07) is 10.6. The summed E-state index contributed by atoms with van der Waals surface area (Å²) >= 11 is 0. The molecule has 2 aromatic rings. The van der Waals surface area contributed by atoms with E-state index in [1.165, 1.54) is 6.07 Å². The number of allylic oxidation sites excluding steroid dienone is 1. The molecule has 144 valence electrons. The largest absolute Gasteiger partial charge is 0.506 e. The number of nitrogens with one attached hydrogen (secondary N) is 1. The van der Waals surface area contributed by atoms with Gasteiger partial charge in [0.15, 0.2) is 11.5 Å². The fourth-order valence-electron chi connectivity index (χ4n) is 4.20. The Bertz CT molecular complexity index is 1000. The number of methoxy groups -OCH3 is 2. The minimum atomic E-state index is -0.270. The van der Waals surface area contributed by atoms with Gasteiger partial charge in [0, 0.05) is 29.3 Å². The maximum Gasteiger partial charge on any atom is 0.162 e. The second kappa shape index (κ2) is 6.67. The predicted molar refractivity (Wildman–Crippen MR) is 108 cm³/mol. The van der Waals surface area contributed by atoms with E-state index in [1.54, 1.807) is 26.5 Å². The zero-order chi connectivity index (χ0) is 19.9. The van der Waals surface area contributed by atoms with Crippen molar-refractivity contribution in [3.63, 3.8) is 0 Å². The number of benzene rings is 2. The van der Waals surface area contributed by atoms with Crippen molar-refractivity contribution in [1.82, 2.24) is 0 Å². The van der Waals surface area contributed by atoms with Crippen LogP contribution in [0.15, 0.2) is 58.8 Å². The number of aliphatic imine (C=N–C) groups is 1. The summed E-state index contributed by atoms with van der Waals surface area (Å²) in [7, 11) is 3.20. The van der Waals surface area contributed by atoms with Crippen LogP contribution < -0.4 is 14.8 Å². The minimum absolute atomic E-state index is 0.0510. The summed E-state index contributed by atoms with van der Waals surface area (Å²) in [5.41, 5.74) is 1.57. The van der Waals surface area contributed by atoms with Crippen LogP contribution in [0, 0.1) is 16.7 Å². The van der Waals surface area contributed by atoms with Gasteiger partial charge in [0.1, 0.15) is 17.3 Å². The van der Waals surface area contributed by atoms with Crippen LogP contribution >= 0.6 is 0 Å². The normalized spacial score (nSPS) is 24.8. The molecule has 2 aromatic carbocycles. The topological polar surface area (TPSA) is 92.5 Å². The van der Waals surface area contributed by atoms with E-state index in [1.807, 2.05) is 24.3 Å². The fourth-order valence-corrected chi connectivity index (χ4v) is 4.20. The van der Waals surface area contributed by atoms with Crippen LogP contribution in [-0.2, 0) is 5.41 Å². The number of hydrogen-bond acceptors (Lipinski definition) is 7. The highest BCUT2D eigenvalue weighted by atomic mass is 16.5. The van der Waals surface area contributed by atoms with E-state index in [2.05, 4.69) is 28.5 Å². The molecular formula is C21H21N3O4. The molecule has 1 heterocycles. The molecule has 1 fully saturated rings. The van der Waals surface area contributed by atoms with Crippen LogP contribution in [0.3, 0.4) is 0 Å². The fraction of sp³-hybridized carbons (Fsp3) is 0.286. The first kappa shape index (κ1) is 18.0. The number of anilines is 1. The highest BCUT2D eigenvalue weighted by molar-refractivity contribution is 6.02. The number of aromatic hydroxyl groups is 1. The Morgan fingerprint density at radius 2 is 1.93 bits per heavy atom. The summed E-state index contributed by atoms with van der Waals surface area (Å²) in [6.45, 7) is 2.15. The molecule has 0 aromatic heterocycles. The van der Waals surface area contributed by atoms with Gasteiger partial charge in [0.2, 0.25) is 0 Å². The Balaban J connectivity index is 1.63. The van der Waals surface area contributed by atoms with Crippen LogP contribution in [0.25, 0.3) is 0 Å². The molecule has 28 heavy (non-hydrogen) atoms. The molecule has 0 bridgehead atoms. The molecule has 3 unspecified atom stereocenters. The molecular weight excluding hydrogens is 358 g/mol. The lowest BCUT2D eigenvalue weighted by atomic mass is 9.90. The Hall–Kier alpha value is -3.35. The molecule has 1 aliphatic carbocycles. The number of nitrogens with zero attached hydrogens (tertiary/aromatic N) is 2. The van der Waals surface area contributed by atoms with Crippen molar-refractivity contribution in [2.75, 3.05) is 19.5 Å². The molecule has 0 saturated heterocycles. The minimum Gasteiger partial charge on any atom is -0.506 e. The number of hydrogen-bond donors (Lipinski definition) is 2. The third-order valence-electron chi connectivity index (χ3n) is 5.75. The van der Waals surface area contributed by atoms with Crippen molar-refractivity contribution in [2.45, 2.75) is 12.3 Å². The van der Waals surface area contributed by atoms with E-state index in [0.29, 0.717) is 11.5 Å². The van der Waals surface area contributed by atoms with Crippen molar-refractivity contribution in [2.24, 2.45) is 22.0 Å². The van der Waals surface area contributed by atoms with Gasteiger partial charge in [-0.15, -0.1) is 4.91 Å². The molecule has 7 nitrogen and oxygen atoms in total. The summed E-state index contributed by atoms with van der Waals surface area (Å²) in [5, 5.41) is 16.1. The number of amidine groups is 1. The van der Waals surface area contributed by atoms with Gasteiger partial charge in [-0.2, -0.15) is 0 Å². The van der Waals surface area contributed by atoms with Crippen LogP contribution in [0.5, 0.6) is 17.2 Å². The number of fused-ring (bicyclic) bond motifs is 1. The molecule has 3 atom stereocenters. The smallest absolute Gasteiger partial charge is 0.162 e.